The Balaban J connectivity index is 1.97. The number of aromatic amines is 1. The van der Waals surface area contributed by atoms with Crippen molar-refractivity contribution in [1.29, 1.82) is 0 Å². The van der Waals surface area contributed by atoms with Crippen LogP contribution in [0.4, 0.5) is 0 Å². The highest BCUT2D eigenvalue weighted by molar-refractivity contribution is 5.62. The molecule has 35 heavy (non-hydrogen) atoms. The first-order valence-electron chi connectivity index (χ1n) is 15.9. The minimum Gasteiger partial charge on any atom is -0.361 e. The first kappa shape index (κ1) is 31.8. The summed E-state index contributed by atoms with van der Waals surface area (Å²) in [6.45, 7) is 4.59. The molecule has 1 heterocycles. The lowest BCUT2D eigenvalue weighted by Gasteiger charge is -2.02. The van der Waals surface area contributed by atoms with E-state index >= 15 is 0 Å². The van der Waals surface area contributed by atoms with Crippen molar-refractivity contribution in [2.45, 2.75) is 168 Å². The van der Waals surface area contributed by atoms with Crippen molar-refractivity contribution in [3.63, 3.8) is 0 Å². The Morgan fingerprint density at radius 2 is 0.857 bits per heavy atom. The molecular weight excluding hydrogens is 422 g/mol. The van der Waals surface area contributed by atoms with E-state index in [4.69, 9.17) is 0 Å². The summed E-state index contributed by atoms with van der Waals surface area (Å²) in [6, 6.07) is 2.21. The van der Waals surface area contributed by atoms with Gasteiger partial charge >= 0.3 is 0 Å². The van der Waals surface area contributed by atoms with E-state index in [-0.39, 0.29) is 0 Å². The van der Waals surface area contributed by atoms with Crippen molar-refractivity contribution < 1.29 is 0 Å². The third-order valence-electron chi connectivity index (χ3n) is 7.34. The lowest BCUT2D eigenvalue weighted by molar-refractivity contribution is 0.550. The maximum Gasteiger partial charge on any atom is 0.0450 e. The van der Waals surface area contributed by atoms with Gasteiger partial charge in [0.05, 0.1) is 0 Å². The van der Waals surface area contributed by atoms with Gasteiger partial charge in [0.2, 0.25) is 0 Å². The number of aromatic nitrogens is 1. The van der Waals surface area contributed by atoms with Crippen molar-refractivity contribution in [1.82, 2.24) is 4.98 Å². The molecule has 0 aliphatic heterocycles. The molecule has 0 aliphatic carbocycles. The summed E-state index contributed by atoms with van der Waals surface area (Å²) in [5, 5.41) is 0. The molecule has 0 atom stereocenters. The molecule has 0 saturated heterocycles. The van der Waals surface area contributed by atoms with E-state index in [9.17, 15) is 0 Å². The number of hydrogen-bond acceptors (Lipinski definition) is 0. The normalized spacial score (nSPS) is 11.9. The van der Waals surface area contributed by atoms with Gasteiger partial charge in [-0.05, 0) is 43.4 Å². The standard InChI is InChI=1S/C34H61N/c1-3-5-7-9-11-13-15-17-19-21-23-25-27-29-33-31-32-35-34(33)30-28-26-24-22-20-18-16-14-12-10-8-6-4-2/h27-32,35H,3-26H2,1-2H3. The molecule has 0 fully saturated rings. The second kappa shape index (κ2) is 25.8. The SMILES string of the molecule is CCCCCCCCCCCCCC=Cc1cc[nH]c1C=CCCCCCCCCCCCCC. The van der Waals surface area contributed by atoms with Crippen molar-refractivity contribution in [2.75, 3.05) is 0 Å². The van der Waals surface area contributed by atoms with Gasteiger partial charge in [0, 0.05) is 11.9 Å². The van der Waals surface area contributed by atoms with Crippen LogP contribution in [-0.2, 0) is 0 Å². The van der Waals surface area contributed by atoms with Gasteiger partial charge in [-0.1, -0.05) is 160 Å². The van der Waals surface area contributed by atoms with E-state index in [0.717, 1.165) is 0 Å². The molecule has 1 N–H and O–H groups in total. The summed E-state index contributed by atoms with van der Waals surface area (Å²) in [4.78, 5) is 3.41. The van der Waals surface area contributed by atoms with E-state index in [1.807, 2.05) is 0 Å². The predicted octanol–water partition coefficient (Wildman–Crippen LogP) is 12.4. The molecular formula is C34H61N. The van der Waals surface area contributed by atoms with Crippen LogP contribution in [0, 0.1) is 0 Å². The van der Waals surface area contributed by atoms with Gasteiger partial charge in [-0.2, -0.15) is 0 Å². The minimum absolute atomic E-state index is 1.21. The molecule has 0 bridgehead atoms. The molecule has 0 aliphatic rings. The topological polar surface area (TPSA) is 15.8 Å². The quantitative estimate of drug-likeness (QED) is 0.126. The average Bonchev–Trinajstić information content (AvgIpc) is 3.32. The molecule has 1 aromatic rings. The van der Waals surface area contributed by atoms with Gasteiger partial charge in [-0.15, -0.1) is 0 Å². The zero-order valence-corrected chi connectivity index (χ0v) is 23.9. The summed E-state index contributed by atoms with van der Waals surface area (Å²) in [5.74, 6) is 0. The van der Waals surface area contributed by atoms with Crippen LogP contribution in [0.1, 0.15) is 179 Å². The average molecular weight is 484 g/mol. The molecule has 0 spiro atoms. The van der Waals surface area contributed by atoms with Gasteiger partial charge in [0.1, 0.15) is 0 Å². The molecule has 0 saturated carbocycles. The zero-order valence-electron chi connectivity index (χ0n) is 23.9. The largest absolute Gasteiger partial charge is 0.361 e. The number of hydrogen-bond donors (Lipinski definition) is 1. The number of allylic oxidation sites excluding steroid dienone is 2. The van der Waals surface area contributed by atoms with Crippen LogP contribution in [0.3, 0.4) is 0 Å². The van der Waals surface area contributed by atoms with E-state index in [0.29, 0.717) is 0 Å². The van der Waals surface area contributed by atoms with Gasteiger partial charge in [-0.25, -0.2) is 0 Å². The molecule has 1 nitrogen and oxygen atoms in total. The van der Waals surface area contributed by atoms with Crippen LogP contribution in [0.25, 0.3) is 12.2 Å². The Morgan fingerprint density at radius 3 is 1.29 bits per heavy atom. The summed E-state index contributed by atoms with van der Waals surface area (Å²) >= 11 is 0. The van der Waals surface area contributed by atoms with Gasteiger partial charge < -0.3 is 4.98 Å². The Morgan fingerprint density at radius 1 is 0.486 bits per heavy atom. The molecule has 1 heteroatoms. The number of unbranched alkanes of at least 4 members (excludes halogenated alkanes) is 22. The maximum atomic E-state index is 3.41. The highest BCUT2D eigenvalue weighted by Gasteiger charge is 1.97. The fourth-order valence-electron chi connectivity index (χ4n) is 4.95. The lowest BCUT2D eigenvalue weighted by atomic mass is 10.0. The van der Waals surface area contributed by atoms with Gasteiger partial charge in [0.15, 0.2) is 0 Å². The van der Waals surface area contributed by atoms with Gasteiger partial charge in [-0.3, -0.25) is 0 Å². The van der Waals surface area contributed by atoms with Crippen LogP contribution < -0.4 is 0 Å². The molecule has 1 rings (SSSR count). The predicted molar refractivity (Wildman–Crippen MR) is 161 cm³/mol. The summed E-state index contributed by atoms with van der Waals surface area (Å²) in [5.41, 5.74) is 2.60. The van der Waals surface area contributed by atoms with Crippen molar-refractivity contribution in [3.05, 3.63) is 35.7 Å². The van der Waals surface area contributed by atoms with E-state index in [1.54, 1.807) is 0 Å². The van der Waals surface area contributed by atoms with E-state index in [2.05, 4.69) is 55.4 Å². The van der Waals surface area contributed by atoms with Gasteiger partial charge in [0.25, 0.3) is 0 Å². The second-order valence-corrected chi connectivity index (χ2v) is 10.8. The first-order chi connectivity index (χ1) is 17.4. The zero-order chi connectivity index (χ0) is 25.1. The smallest absolute Gasteiger partial charge is 0.0450 e. The third-order valence-corrected chi connectivity index (χ3v) is 7.34. The van der Waals surface area contributed by atoms with E-state index < -0.39 is 0 Å². The molecule has 0 aromatic carbocycles. The third kappa shape index (κ3) is 20.6. The second-order valence-electron chi connectivity index (χ2n) is 10.8. The monoisotopic (exact) mass is 483 g/mol. The number of nitrogens with one attached hydrogen (secondary N) is 1. The highest BCUT2D eigenvalue weighted by Crippen LogP contribution is 2.16. The summed E-state index contributed by atoms with van der Waals surface area (Å²) in [6.07, 6.45) is 45.0. The maximum absolute atomic E-state index is 3.41. The summed E-state index contributed by atoms with van der Waals surface area (Å²) < 4.78 is 0. The van der Waals surface area contributed by atoms with Crippen LogP contribution in [-0.4, -0.2) is 4.98 Å². The number of H-pyrrole nitrogens is 1. The molecule has 0 radical (unpaired) electrons. The fourth-order valence-corrected chi connectivity index (χ4v) is 4.95. The Bertz CT molecular complexity index is 543. The molecule has 0 unspecified atom stereocenters. The van der Waals surface area contributed by atoms with Crippen LogP contribution in [0.5, 0.6) is 0 Å². The van der Waals surface area contributed by atoms with Crippen molar-refractivity contribution in [3.8, 4) is 0 Å². The van der Waals surface area contributed by atoms with Crippen molar-refractivity contribution >= 4 is 12.2 Å². The molecule has 0 amide bonds. The number of rotatable bonds is 26. The Labute approximate surface area is 220 Å². The Kier molecular flexibility index (Phi) is 23.5. The Hall–Kier alpha value is -1.24. The van der Waals surface area contributed by atoms with E-state index in [1.165, 1.54) is 165 Å². The fraction of sp³-hybridized carbons (Fsp3) is 0.765. The highest BCUT2D eigenvalue weighted by atomic mass is 14.7. The molecule has 1 aromatic heterocycles. The van der Waals surface area contributed by atoms with Crippen LogP contribution >= 0.6 is 0 Å². The van der Waals surface area contributed by atoms with Crippen LogP contribution in [0.15, 0.2) is 24.4 Å². The lowest BCUT2D eigenvalue weighted by Crippen LogP contribution is -1.82. The molecule has 202 valence electrons. The van der Waals surface area contributed by atoms with Crippen molar-refractivity contribution in [2.24, 2.45) is 0 Å². The van der Waals surface area contributed by atoms with Crippen LogP contribution in [0.2, 0.25) is 0 Å². The minimum atomic E-state index is 1.21. The summed E-state index contributed by atoms with van der Waals surface area (Å²) in [7, 11) is 0. The first-order valence-corrected chi connectivity index (χ1v) is 15.9.